The molecule has 0 atom stereocenters. The van der Waals surface area contributed by atoms with Gasteiger partial charge in [-0.05, 0) is 74.1 Å². The fourth-order valence-corrected chi connectivity index (χ4v) is 5.29. The molecule has 6 heteroatoms. The van der Waals surface area contributed by atoms with Crippen molar-refractivity contribution in [3.63, 3.8) is 0 Å². The Balaban J connectivity index is 1.64. The molecule has 1 amide bonds. The van der Waals surface area contributed by atoms with E-state index in [0.717, 1.165) is 41.6 Å². The van der Waals surface area contributed by atoms with E-state index in [1.54, 1.807) is 25.2 Å². The van der Waals surface area contributed by atoms with Crippen molar-refractivity contribution >= 4 is 27.3 Å². The molecule has 0 N–H and O–H groups in total. The highest BCUT2D eigenvalue weighted by Crippen LogP contribution is 2.36. The molecule has 1 aliphatic carbocycles. The van der Waals surface area contributed by atoms with Crippen LogP contribution < -0.4 is 9.21 Å². The Hall–Kier alpha value is -2.34. The van der Waals surface area contributed by atoms with Crippen LogP contribution in [0.25, 0.3) is 0 Å². The van der Waals surface area contributed by atoms with Gasteiger partial charge in [0.1, 0.15) is 0 Å². The zero-order chi connectivity index (χ0) is 20.1. The predicted molar refractivity (Wildman–Crippen MR) is 111 cm³/mol. The average Bonchev–Trinajstić information content (AvgIpc) is 3.04. The molecule has 5 nitrogen and oxygen atoms in total. The van der Waals surface area contributed by atoms with Crippen LogP contribution in [0.5, 0.6) is 0 Å². The molecular weight excluding hydrogens is 372 g/mol. The number of amides is 1. The number of hydrogen-bond acceptors (Lipinski definition) is 3. The number of sulfonamides is 1. The first-order valence-electron chi connectivity index (χ1n) is 9.79. The van der Waals surface area contributed by atoms with Gasteiger partial charge in [-0.1, -0.05) is 18.6 Å². The molecule has 1 heterocycles. The molecule has 28 heavy (non-hydrogen) atoms. The fourth-order valence-electron chi connectivity index (χ4n) is 3.99. The van der Waals surface area contributed by atoms with Gasteiger partial charge in [0.05, 0.1) is 10.6 Å². The number of carbonyl (C=O) groups is 1. The van der Waals surface area contributed by atoms with E-state index in [4.69, 9.17) is 0 Å². The molecule has 148 valence electrons. The number of rotatable bonds is 4. The molecule has 0 unspecified atom stereocenters. The number of benzene rings is 2. The summed E-state index contributed by atoms with van der Waals surface area (Å²) in [6, 6.07) is 11.0. The third-order valence-corrected chi connectivity index (χ3v) is 7.80. The third-order valence-electron chi connectivity index (χ3n) is 6.03. The smallest absolute Gasteiger partial charge is 0.264 e. The molecule has 1 aliphatic heterocycles. The minimum atomic E-state index is -3.67. The van der Waals surface area contributed by atoms with E-state index in [2.05, 4.69) is 0 Å². The lowest BCUT2D eigenvalue weighted by atomic mass is 9.84. The molecule has 2 aromatic carbocycles. The molecule has 0 saturated heterocycles. The summed E-state index contributed by atoms with van der Waals surface area (Å²) in [6.45, 7) is 4.50. The van der Waals surface area contributed by atoms with E-state index in [0.29, 0.717) is 18.7 Å². The lowest BCUT2D eigenvalue weighted by Crippen LogP contribution is -2.37. The van der Waals surface area contributed by atoms with E-state index in [9.17, 15) is 13.2 Å². The second kappa shape index (κ2) is 6.92. The van der Waals surface area contributed by atoms with E-state index in [1.807, 2.05) is 36.9 Å². The number of carbonyl (C=O) groups excluding carboxylic acids is 1. The Kier molecular flexibility index (Phi) is 4.70. The van der Waals surface area contributed by atoms with Gasteiger partial charge in [-0.15, -0.1) is 0 Å². The summed E-state index contributed by atoms with van der Waals surface area (Å²) in [5, 5.41) is 0. The first kappa shape index (κ1) is 19.0. The SMILES string of the molecule is Cc1ccc(C)c(N(C)S(=O)(=O)c2ccc3c(c2)CCN3C(=O)C2CCC2)c1. The van der Waals surface area contributed by atoms with Crippen LogP contribution in [0, 0.1) is 19.8 Å². The maximum absolute atomic E-state index is 13.2. The van der Waals surface area contributed by atoms with Gasteiger partial charge >= 0.3 is 0 Å². The number of hydrogen-bond donors (Lipinski definition) is 0. The normalized spacial score (nSPS) is 16.6. The summed E-state index contributed by atoms with van der Waals surface area (Å²) in [6.07, 6.45) is 3.76. The van der Waals surface area contributed by atoms with Crippen molar-refractivity contribution < 1.29 is 13.2 Å². The van der Waals surface area contributed by atoms with Crippen LogP contribution in [0.4, 0.5) is 11.4 Å². The van der Waals surface area contributed by atoms with E-state index >= 15 is 0 Å². The van der Waals surface area contributed by atoms with Gasteiger partial charge in [0.15, 0.2) is 0 Å². The van der Waals surface area contributed by atoms with E-state index < -0.39 is 10.0 Å². The van der Waals surface area contributed by atoms with E-state index in [1.165, 1.54) is 4.31 Å². The fraction of sp³-hybridized carbons (Fsp3) is 0.409. The average molecular weight is 399 g/mol. The minimum absolute atomic E-state index is 0.143. The molecule has 0 radical (unpaired) electrons. The second-order valence-corrected chi connectivity index (χ2v) is 9.89. The van der Waals surface area contributed by atoms with Gasteiger partial charge in [-0.3, -0.25) is 9.10 Å². The highest BCUT2D eigenvalue weighted by Gasteiger charge is 2.34. The predicted octanol–water partition coefficient (Wildman–Crippen LogP) is 3.82. The van der Waals surface area contributed by atoms with Gasteiger partial charge in [-0.2, -0.15) is 0 Å². The van der Waals surface area contributed by atoms with Gasteiger partial charge in [-0.25, -0.2) is 8.42 Å². The molecule has 1 fully saturated rings. The van der Waals surface area contributed by atoms with Gasteiger partial charge < -0.3 is 4.90 Å². The van der Waals surface area contributed by atoms with Crippen molar-refractivity contribution in [1.29, 1.82) is 0 Å². The van der Waals surface area contributed by atoms with Crippen molar-refractivity contribution in [2.75, 3.05) is 22.8 Å². The standard InChI is InChI=1S/C22H26N2O3S/c1-15-7-8-16(2)21(13-15)23(3)28(26,27)19-9-10-20-18(14-19)11-12-24(20)22(25)17-5-4-6-17/h7-10,13-14,17H,4-6,11-12H2,1-3H3. The zero-order valence-electron chi connectivity index (χ0n) is 16.6. The van der Waals surface area contributed by atoms with Crippen molar-refractivity contribution in [3.05, 3.63) is 53.1 Å². The van der Waals surface area contributed by atoms with Crippen LogP contribution in [0.1, 0.15) is 36.0 Å². The largest absolute Gasteiger partial charge is 0.312 e. The second-order valence-electron chi connectivity index (χ2n) is 7.92. The summed E-state index contributed by atoms with van der Waals surface area (Å²) in [5.41, 5.74) is 4.41. The minimum Gasteiger partial charge on any atom is -0.312 e. The Morgan fingerprint density at radius 1 is 1.11 bits per heavy atom. The van der Waals surface area contributed by atoms with Crippen molar-refractivity contribution in [1.82, 2.24) is 0 Å². The number of anilines is 2. The van der Waals surface area contributed by atoms with Crippen molar-refractivity contribution in [2.24, 2.45) is 5.92 Å². The Morgan fingerprint density at radius 2 is 1.86 bits per heavy atom. The quantitative estimate of drug-likeness (QED) is 0.787. The van der Waals surface area contributed by atoms with Gasteiger partial charge in [0, 0.05) is 25.2 Å². The maximum atomic E-state index is 13.2. The Labute approximate surface area is 167 Å². The molecule has 2 aliphatic rings. The van der Waals surface area contributed by atoms with E-state index in [-0.39, 0.29) is 16.7 Å². The monoisotopic (exact) mass is 398 g/mol. The third kappa shape index (κ3) is 3.09. The molecule has 0 spiro atoms. The zero-order valence-corrected chi connectivity index (χ0v) is 17.4. The summed E-state index contributed by atoms with van der Waals surface area (Å²) < 4.78 is 27.8. The van der Waals surface area contributed by atoms with Crippen molar-refractivity contribution in [3.8, 4) is 0 Å². The summed E-state index contributed by atoms with van der Waals surface area (Å²) >= 11 is 0. The Morgan fingerprint density at radius 3 is 2.54 bits per heavy atom. The van der Waals surface area contributed by atoms with Gasteiger partial charge in [0.2, 0.25) is 5.91 Å². The molecule has 2 aromatic rings. The number of aryl methyl sites for hydroxylation is 2. The molecule has 4 rings (SSSR count). The molecular formula is C22H26N2O3S. The Bertz CT molecular complexity index is 1040. The molecule has 0 bridgehead atoms. The number of nitrogens with zero attached hydrogens (tertiary/aromatic N) is 2. The van der Waals surface area contributed by atoms with Crippen LogP contribution in [-0.4, -0.2) is 27.9 Å². The van der Waals surface area contributed by atoms with Gasteiger partial charge in [0.25, 0.3) is 10.0 Å². The molecule has 1 saturated carbocycles. The lowest BCUT2D eigenvalue weighted by Gasteiger charge is -2.29. The topological polar surface area (TPSA) is 57.7 Å². The van der Waals surface area contributed by atoms with Crippen LogP contribution >= 0.6 is 0 Å². The summed E-state index contributed by atoms with van der Waals surface area (Å²) in [5.74, 6) is 0.331. The van der Waals surface area contributed by atoms with Crippen LogP contribution in [0.2, 0.25) is 0 Å². The first-order chi connectivity index (χ1) is 13.3. The van der Waals surface area contributed by atoms with Crippen LogP contribution in [-0.2, 0) is 21.2 Å². The summed E-state index contributed by atoms with van der Waals surface area (Å²) in [7, 11) is -2.08. The van der Waals surface area contributed by atoms with Crippen LogP contribution in [0.15, 0.2) is 41.3 Å². The number of fused-ring (bicyclic) bond motifs is 1. The highest BCUT2D eigenvalue weighted by molar-refractivity contribution is 7.92. The highest BCUT2D eigenvalue weighted by atomic mass is 32.2. The van der Waals surface area contributed by atoms with Crippen LogP contribution in [0.3, 0.4) is 0 Å². The maximum Gasteiger partial charge on any atom is 0.264 e. The first-order valence-corrected chi connectivity index (χ1v) is 11.2. The lowest BCUT2D eigenvalue weighted by molar-refractivity contribution is -0.124. The van der Waals surface area contributed by atoms with Crippen molar-refractivity contribution in [2.45, 2.75) is 44.4 Å². The summed E-state index contributed by atoms with van der Waals surface area (Å²) in [4.78, 5) is 14.7. The molecule has 0 aromatic heterocycles.